The monoisotopic (exact) mass is 292 g/mol. The van der Waals surface area contributed by atoms with E-state index in [0.29, 0.717) is 29.5 Å². The molecule has 1 aromatic heterocycles. The Bertz CT molecular complexity index is 445. The summed E-state index contributed by atoms with van der Waals surface area (Å²) < 4.78 is 5.63. The fourth-order valence-corrected chi connectivity index (χ4v) is 2.80. The van der Waals surface area contributed by atoms with Crippen molar-refractivity contribution >= 4 is 34.8 Å². The molecule has 2 heterocycles. The van der Waals surface area contributed by atoms with E-state index in [-0.39, 0.29) is 10.3 Å². The molecular formula is C11H11Cl3N2O. The predicted octanol–water partition coefficient (Wildman–Crippen LogP) is 3.17. The Labute approximate surface area is 114 Å². The SMILES string of the molecule is Clc1cc(OC[C@@H]2C[C@H]3C[C@H]3N2)c(Cl)nc1Cl. The van der Waals surface area contributed by atoms with E-state index in [1.807, 2.05) is 0 Å². The number of halogens is 3. The molecule has 3 nitrogen and oxygen atoms in total. The lowest BCUT2D eigenvalue weighted by Crippen LogP contribution is -2.31. The third kappa shape index (κ3) is 2.48. The van der Waals surface area contributed by atoms with Crippen molar-refractivity contribution in [3.05, 3.63) is 21.4 Å². The highest BCUT2D eigenvalue weighted by Gasteiger charge is 2.45. The van der Waals surface area contributed by atoms with Gasteiger partial charge in [0.1, 0.15) is 11.8 Å². The first-order valence-corrected chi connectivity index (χ1v) is 6.67. The van der Waals surface area contributed by atoms with Crippen LogP contribution < -0.4 is 10.1 Å². The maximum Gasteiger partial charge on any atom is 0.172 e. The zero-order valence-corrected chi connectivity index (χ0v) is 11.2. The van der Waals surface area contributed by atoms with E-state index in [2.05, 4.69) is 10.3 Å². The van der Waals surface area contributed by atoms with Crippen LogP contribution in [0.4, 0.5) is 0 Å². The van der Waals surface area contributed by atoms with Crippen LogP contribution in [0.1, 0.15) is 12.8 Å². The van der Waals surface area contributed by atoms with Crippen molar-refractivity contribution in [1.29, 1.82) is 0 Å². The number of nitrogens with zero attached hydrogens (tertiary/aromatic N) is 1. The molecule has 1 aliphatic heterocycles. The van der Waals surface area contributed by atoms with E-state index < -0.39 is 0 Å². The molecule has 1 N–H and O–H groups in total. The van der Waals surface area contributed by atoms with Crippen LogP contribution in [0.2, 0.25) is 15.3 Å². The molecule has 1 saturated heterocycles. The second-order valence-corrected chi connectivity index (χ2v) is 5.69. The van der Waals surface area contributed by atoms with Crippen LogP contribution >= 0.6 is 34.8 Å². The summed E-state index contributed by atoms with van der Waals surface area (Å²) in [7, 11) is 0. The third-order valence-corrected chi connectivity index (χ3v) is 4.20. The lowest BCUT2D eigenvalue weighted by atomic mass is 10.2. The maximum atomic E-state index is 5.92. The number of piperidine rings is 1. The summed E-state index contributed by atoms with van der Waals surface area (Å²) in [6.45, 7) is 0.590. The van der Waals surface area contributed by atoms with Crippen molar-refractivity contribution < 1.29 is 4.74 Å². The minimum Gasteiger partial charge on any atom is -0.489 e. The summed E-state index contributed by atoms with van der Waals surface area (Å²) in [5.74, 6) is 1.34. The van der Waals surface area contributed by atoms with Gasteiger partial charge in [-0.25, -0.2) is 4.98 Å². The van der Waals surface area contributed by atoms with Gasteiger partial charge in [-0.1, -0.05) is 34.8 Å². The molecule has 0 amide bonds. The molecule has 0 unspecified atom stereocenters. The van der Waals surface area contributed by atoms with Crippen LogP contribution in [0.15, 0.2) is 6.07 Å². The first-order valence-electron chi connectivity index (χ1n) is 5.54. The summed E-state index contributed by atoms with van der Waals surface area (Å²) in [4.78, 5) is 3.90. The maximum absolute atomic E-state index is 5.92. The van der Waals surface area contributed by atoms with Gasteiger partial charge in [0, 0.05) is 18.2 Å². The number of ether oxygens (including phenoxy) is 1. The van der Waals surface area contributed by atoms with E-state index in [9.17, 15) is 0 Å². The Morgan fingerprint density at radius 1 is 1.29 bits per heavy atom. The van der Waals surface area contributed by atoms with Gasteiger partial charge in [-0.3, -0.25) is 0 Å². The lowest BCUT2D eigenvalue weighted by Gasteiger charge is -2.15. The van der Waals surface area contributed by atoms with Gasteiger partial charge in [0.25, 0.3) is 0 Å². The minimum atomic E-state index is 0.198. The summed E-state index contributed by atoms with van der Waals surface area (Å²) in [6, 6.07) is 2.73. The largest absolute Gasteiger partial charge is 0.489 e. The highest BCUT2D eigenvalue weighted by Crippen LogP contribution is 2.41. The first kappa shape index (κ1) is 11.8. The molecule has 0 aromatic carbocycles. The van der Waals surface area contributed by atoms with Crippen LogP contribution in [0, 0.1) is 5.92 Å². The van der Waals surface area contributed by atoms with E-state index in [0.717, 1.165) is 5.92 Å². The molecule has 6 heteroatoms. The molecule has 1 saturated carbocycles. The van der Waals surface area contributed by atoms with Crippen molar-refractivity contribution in [2.24, 2.45) is 5.92 Å². The van der Waals surface area contributed by atoms with Gasteiger partial charge in [0.05, 0.1) is 5.02 Å². The van der Waals surface area contributed by atoms with E-state index in [4.69, 9.17) is 39.5 Å². The summed E-state index contributed by atoms with van der Waals surface area (Å²) >= 11 is 17.5. The van der Waals surface area contributed by atoms with Gasteiger partial charge < -0.3 is 10.1 Å². The summed E-state index contributed by atoms with van der Waals surface area (Å²) in [6.07, 6.45) is 2.49. The van der Waals surface area contributed by atoms with Crippen molar-refractivity contribution in [3.8, 4) is 5.75 Å². The van der Waals surface area contributed by atoms with E-state index in [1.165, 1.54) is 12.8 Å². The average molecular weight is 294 g/mol. The van der Waals surface area contributed by atoms with E-state index in [1.54, 1.807) is 6.07 Å². The number of hydrogen-bond donors (Lipinski definition) is 1. The quantitative estimate of drug-likeness (QED) is 0.869. The zero-order chi connectivity index (χ0) is 12.0. The van der Waals surface area contributed by atoms with Gasteiger partial charge in [0.15, 0.2) is 10.9 Å². The van der Waals surface area contributed by atoms with Gasteiger partial charge in [-0.05, 0) is 18.8 Å². The first-order chi connectivity index (χ1) is 8.13. The fourth-order valence-electron chi connectivity index (χ4n) is 2.29. The highest BCUT2D eigenvalue weighted by atomic mass is 35.5. The van der Waals surface area contributed by atoms with Crippen molar-refractivity contribution in [2.45, 2.75) is 24.9 Å². The molecule has 92 valence electrons. The summed E-state index contributed by atoms with van der Waals surface area (Å²) in [5.41, 5.74) is 0. The van der Waals surface area contributed by atoms with Crippen molar-refractivity contribution in [2.75, 3.05) is 6.61 Å². The number of hydrogen-bond acceptors (Lipinski definition) is 3. The van der Waals surface area contributed by atoms with Crippen molar-refractivity contribution in [3.63, 3.8) is 0 Å². The zero-order valence-electron chi connectivity index (χ0n) is 8.92. The topological polar surface area (TPSA) is 34.1 Å². The molecule has 2 fully saturated rings. The lowest BCUT2D eigenvalue weighted by molar-refractivity contribution is 0.267. The Morgan fingerprint density at radius 2 is 2.12 bits per heavy atom. The number of nitrogens with one attached hydrogen (secondary N) is 1. The van der Waals surface area contributed by atoms with Gasteiger partial charge >= 0.3 is 0 Å². The predicted molar refractivity (Wildman–Crippen MR) is 68.2 cm³/mol. The van der Waals surface area contributed by atoms with Crippen LogP contribution in [0.3, 0.4) is 0 Å². The number of rotatable bonds is 3. The number of pyridine rings is 1. The van der Waals surface area contributed by atoms with E-state index >= 15 is 0 Å². The molecule has 2 aliphatic rings. The fraction of sp³-hybridized carbons (Fsp3) is 0.545. The molecule has 1 aromatic rings. The molecule has 0 radical (unpaired) electrons. The molecule has 1 aliphatic carbocycles. The second-order valence-electron chi connectivity index (χ2n) is 4.56. The van der Waals surface area contributed by atoms with Gasteiger partial charge in [-0.15, -0.1) is 0 Å². The number of fused-ring (bicyclic) bond motifs is 1. The van der Waals surface area contributed by atoms with Gasteiger partial charge in [-0.2, -0.15) is 0 Å². The molecule has 3 atom stereocenters. The Kier molecular flexibility index (Phi) is 3.11. The van der Waals surface area contributed by atoms with Gasteiger partial charge in [0.2, 0.25) is 0 Å². The minimum absolute atomic E-state index is 0.198. The van der Waals surface area contributed by atoms with Crippen molar-refractivity contribution in [1.82, 2.24) is 10.3 Å². The molecule has 3 rings (SSSR count). The van der Waals surface area contributed by atoms with Crippen LogP contribution in [-0.2, 0) is 0 Å². The molecule has 0 bridgehead atoms. The van der Waals surface area contributed by atoms with Crippen LogP contribution in [0.5, 0.6) is 5.75 Å². The third-order valence-electron chi connectivity index (χ3n) is 3.25. The smallest absolute Gasteiger partial charge is 0.172 e. The summed E-state index contributed by atoms with van der Waals surface area (Å²) in [5, 5.41) is 4.30. The number of aromatic nitrogens is 1. The molecular weight excluding hydrogens is 282 g/mol. The highest BCUT2D eigenvalue weighted by molar-refractivity contribution is 6.42. The van der Waals surface area contributed by atoms with Crippen LogP contribution in [0.25, 0.3) is 0 Å². The average Bonchev–Trinajstić information content (AvgIpc) is 2.90. The molecule has 17 heavy (non-hydrogen) atoms. The standard InChI is InChI=1S/C11H11Cl3N2O/c12-7-3-9(11(14)16-10(7)13)17-4-6-1-5-2-8(5)15-6/h3,5-6,8,15H,1-2,4H2/t5-,6-,8+/m0/s1. The van der Waals surface area contributed by atoms with Crippen LogP contribution in [-0.4, -0.2) is 23.7 Å². The second kappa shape index (κ2) is 4.47. The Balaban J connectivity index is 1.62. The Morgan fingerprint density at radius 3 is 2.82 bits per heavy atom. The Hall–Kier alpha value is -0.220. The normalized spacial score (nSPS) is 30.2. The molecule has 0 spiro atoms.